The fraction of sp³-hybridized carbons (Fsp3) is 0. The van der Waals surface area contributed by atoms with Crippen LogP contribution in [0.2, 0.25) is 0 Å². The lowest BCUT2D eigenvalue weighted by atomic mass is 10.1. The lowest BCUT2D eigenvalue weighted by Gasteiger charge is -2.15. The number of carbonyl (C=O) groups excluding carboxylic acids is 1. The summed E-state index contributed by atoms with van der Waals surface area (Å²) >= 11 is 0. The minimum atomic E-state index is -0.542. The second-order valence-corrected chi connectivity index (χ2v) is 4.84. The Hall–Kier alpha value is -3.16. The van der Waals surface area contributed by atoms with Crippen LogP contribution in [0.3, 0.4) is 0 Å². The number of fused-ring (bicyclic) bond motifs is 1. The van der Waals surface area contributed by atoms with E-state index in [2.05, 4.69) is 0 Å². The van der Waals surface area contributed by atoms with Gasteiger partial charge in [-0.2, -0.15) is 10.3 Å². The van der Waals surface area contributed by atoms with Gasteiger partial charge in [0.05, 0.1) is 17.3 Å². The van der Waals surface area contributed by atoms with Crippen LogP contribution in [0.5, 0.6) is 0 Å². The average Bonchev–Trinajstić information content (AvgIpc) is 2.60. The van der Waals surface area contributed by atoms with Crippen LogP contribution < -0.4 is 5.06 Å². The zero-order valence-electron chi connectivity index (χ0n) is 11.6. The normalized spacial score (nSPS) is 10.2. The summed E-state index contributed by atoms with van der Waals surface area (Å²) in [7, 11) is 0. The third kappa shape index (κ3) is 2.53. The molecule has 106 valence electrons. The van der Waals surface area contributed by atoms with Gasteiger partial charge in [0.25, 0.3) is 5.91 Å². The average molecular weight is 288 g/mol. The molecule has 0 spiro atoms. The molecule has 0 radical (unpaired) electrons. The number of hydroxylamine groups is 1. The van der Waals surface area contributed by atoms with Crippen LogP contribution in [-0.2, 0) is 0 Å². The molecule has 0 atom stereocenters. The number of hydrogen-bond donors (Lipinski definition) is 1. The van der Waals surface area contributed by atoms with E-state index in [1.54, 1.807) is 24.3 Å². The minimum Gasteiger partial charge on any atom is -0.281 e. The fourth-order valence-electron chi connectivity index (χ4n) is 2.24. The molecule has 0 aromatic heterocycles. The van der Waals surface area contributed by atoms with Crippen molar-refractivity contribution >= 4 is 22.4 Å². The summed E-state index contributed by atoms with van der Waals surface area (Å²) in [5.74, 6) is -0.542. The van der Waals surface area contributed by atoms with E-state index in [1.807, 2.05) is 36.4 Å². The topological polar surface area (TPSA) is 64.3 Å². The van der Waals surface area contributed by atoms with Crippen molar-refractivity contribution in [2.45, 2.75) is 0 Å². The Morgan fingerprint density at radius 2 is 1.64 bits per heavy atom. The maximum atomic E-state index is 12.3. The van der Waals surface area contributed by atoms with E-state index in [0.717, 1.165) is 10.8 Å². The highest BCUT2D eigenvalue weighted by Crippen LogP contribution is 2.22. The first-order valence-corrected chi connectivity index (χ1v) is 6.71. The molecule has 22 heavy (non-hydrogen) atoms. The summed E-state index contributed by atoms with van der Waals surface area (Å²) < 4.78 is 0. The molecule has 0 aliphatic rings. The van der Waals surface area contributed by atoms with Crippen LogP contribution in [0.4, 0.5) is 5.69 Å². The summed E-state index contributed by atoms with van der Waals surface area (Å²) in [5.41, 5.74) is 1.18. The van der Waals surface area contributed by atoms with Crippen LogP contribution in [0.1, 0.15) is 15.9 Å². The summed E-state index contributed by atoms with van der Waals surface area (Å²) in [6.07, 6.45) is 0. The SMILES string of the molecule is N#Cc1ccc(C(=O)N(O)c2ccc3ccccc3c2)cc1. The van der Waals surface area contributed by atoms with E-state index < -0.39 is 5.91 Å². The number of hydrogen-bond acceptors (Lipinski definition) is 3. The van der Waals surface area contributed by atoms with Gasteiger partial charge in [0.2, 0.25) is 0 Å². The predicted octanol–water partition coefficient (Wildman–Crippen LogP) is 3.75. The van der Waals surface area contributed by atoms with Gasteiger partial charge in [-0.25, -0.2) is 0 Å². The molecule has 3 aromatic carbocycles. The maximum Gasteiger partial charge on any atom is 0.281 e. The Labute approximate surface area is 127 Å². The highest BCUT2D eigenvalue weighted by Gasteiger charge is 2.15. The minimum absolute atomic E-state index is 0.314. The second kappa shape index (κ2) is 5.68. The van der Waals surface area contributed by atoms with Crippen LogP contribution in [0.15, 0.2) is 66.7 Å². The number of amides is 1. The quantitative estimate of drug-likeness (QED) is 0.577. The lowest BCUT2D eigenvalue weighted by Crippen LogP contribution is -2.26. The van der Waals surface area contributed by atoms with Crippen molar-refractivity contribution in [3.63, 3.8) is 0 Å². The first-order chi connectivity index (χ1) is 10.7. The largest absolute Gasteiger partial charge is 0.281 e. The van der Waals surface area contributed by atoms with Crippen LogP contribution in [0, 0.1) is 11.3 Å². The van der Waals surface area contributed by atoms with E-state index in [4.69, 9.17) is 5.26 Å². The zero-order valence-corrected chi connectivity index (χ0v) is 11.6. The number of carbonyl (C=O) groups is 1. The highest BCUT2D eigenvalue weighted by atomic mass is 16.5. The molecule has 3 aromatic rings. The van der Waals surface area contributed by atoms with Gasteiger partial charge >= 0.3 is 0 Å². The zero-order chi connectivity index (χ0) is 15.5. The van der Waals surface area contributed by atoms with Gasteiger partial charge in [-0.05, 0) is 47.2 Å². The molecule has 0 aliphatic carbocycles. The number of anilines is 1. The first kappa shape index (κ1) is 13.8. The molecule has 4 heteroatoms. The lowest BCUT2D eigenvalue weighted by molar-refractivity contribution is 0.0855. The number of nitriles is 1. The van der Waals surface area contributed by atoms with Crippen LogP contribution >= 0.6 is 0 Å². The molecule has 1 N–H and O–H groups in total. The Morgan fingerprint density at radius 3 is 2.32 bits per heavy atom. The third-order valence-electron chi connectivity index (χ3n) is 3.43. The van der Waals surface area contributed by atoms with E-state index in [9.17, 15) is 10.0 Å². The van der Waals surface area contributed by atoms with Crippen molar-refractivity contribution in [3.8, 4) is 6.07 Å². The number of nitrogens with zero attached hydrogens (tertiary/aromatic N) is 2. The van der Waals surface area contributed by atoms with E-state index in [0.29, 0.717) is 21.9 Å². The molecule has 0 saturated carbocycles. The summed E-state index contributed by atoms with van der Waals surface area (Å²) in [6, 6.07) is 21.1. The van der Waals surface area contributed by atoms with Crippen molar-refractivity contribution in [2.24, 2.45) is 0 Å². The van der Waals surface area contributed by atoms with Gasteiger partial charge in [0, 0.05) is 5.56 Å². The molecule has 4 nitrogen and oxygen atoms in total. The summed E-state index contributed by atoms with van der Waals surface area (Å²) in [6.45, 7) is 0. The van der Waals surface area contributed by atoms with Gasteiger partial charge in [-0.3, -0.25) is 10.0 Å². The molecule has 0 heterocycles. The first-order valence-electron chi connectivity index (χ1n) is 6.71. The Balaban J connectivity index is 1.92. The van der Waals surface area contributed by atoms with Crippen molar-refractivity contribution in [3.05, 3.63) is 77.9 Å². The van der Waals surface area contributed by atoms with E-state index >= 15 is 0 Å². The Kier molecular flexibility index (Phi) is 3.57. The van der Waals surface area contributed by atoms with Gasteiger partial charge in [-0.1, -0.05) is 30.3 Å². The maximum absolute atomic E-state index is 12.3. The fourth-order valence-corrected chi connectivity index (χ4v) is 2.24. The summed E-state index contributed by atoms with van der Waals surface area (Å²) in [5, 5.41) is 21.5. The number of rotatable bonds is 2. The monoisotopic (exact) mass is 288 g/mol. The smallest absolute Gasteiger partial charge is 0.281 e. The van der Waals surface area contributed by atoms with Crippen LogP contribution in [0.25, 0.3) is 10.8 Å². The van der Waals surface area contributed by atoms with Crippen molar-refractivity contribution in [1.82, 2.24) is 0 Å². The molecule has 3 rings (SSSR count). The second-order valence-electron chi connectivity index (χ2n) is 4.84. The van der Waals surface area contributed by atoms with Gasteiger partial charge in [0.1, 0.15) is 0 Å². The van der Waals surface area contributed by atoms with Gasteiger partial charge in [0.15, 0.2) is 0 Å². The van der Waals surface area contributed by atoms with Crippen molar-refractivity contribution in [1.29, 1.82) is 5.26 Å². The third-order valence-corrected chi connectivity index (χ3v) is 3.43. The number of benzene rings is 3. The Morgan fingerprint density at radius 1 is 0.955 bits per heavy atom. The standard InChI is InChI=1S/C18H12N2O2/c19-12-13-5-7-15(8-6-13)18(21)20(22)17-10-9-14-3-1-2-4-16(14)11-17/h1-11,22H. The van der Waals surface area contributed by atoms with Gasteiger partial charge < -0.3 is 0 Å². The molecule has 0 fully saturated rings. The predicted molar refractivity (Wildman–Crippen MR) is 83.7 cm³/mol. The molecule has 0 bridgehead atoms. The van der Waals surface area contributed by atoms with E-state index in [-0.39, 0.29) is 0 Å². The van der Waals surface area contributed by atoms with Crippen molar-refractivity contribution < 1.29 is 10.0 Å². The van der Waals surface area contributed by atoms with Gasteiger partial charge in [-0.15, -0.1) is 0 Å². The van der Waals surface area contributed by atoms with E-state index in [1.165, 1.54) is 12.1 Å². The van der Waals surface area contributed by atoms with Crippen LogP contribution in [-0.4, -0.2) is 11.1 Å². The molecule has 0 unspecified atom stereocenters. The highest BCUT2D eigenvalue weighted by molar-refractivity contribution is 6.05. The molecular weight excluding hydrogens is 276 g/mol. The van der Waals surface area contributed by atoms with Crippen molar-refractivity contribution in [2.75, 3.05) is 5.06 Å². The molecular formula is C18H12N2O2. The molecule has 1 amide bonds. The molecule has 0 saturated heterocycles. The molecule has 0 aliphatic heterocycles. The summed E-state index contributed by atoms with van der Waals surface area (Å²) in [4.78, 5) is 12.3. The Bertz CT molecular complexity index is 879.